The standard InChI is InChI=1S/C15H21NO2/c1-11(13-7-8-13)16(2)15(17)10-12-5-4-6-14(9-12)18-3/h4-6,9,11,13H,7-8,10H2,1-3H3. The van der Waals surface area contributed by atoms with Gasteiger partial charge in [-0.3, -0.25) is 4.79 Å². The van der Waals surface area contributed by atoms with Gasteiger partial charge >= 0.3 is 0 Å². The Hall–Kier alpha value is -1.51. The summed E-state index contributed by atoms with van der Waals surface area (Å²) in [4.78, 5) is 14.1. The van der Waals surface area contributed by atoms with Gasteiger partial charge in [-0.25, -0.2) is 0 Å². The highest BCUT2D eigenvalue weighted by Crippen LogP contribution is 2.34. The number of rotatable bonds is 5. The molecule has 2 rings (SSSR count). The smallest absolute Gasteiger partial charge is 0.226 e. The molecule has 3 heteroatoms. The zero-order chi connectivity index (χ0) is 13.1. The van der Waals surface area contributed by atoms with E-state index < -0.39 is 0 Å². The van der Waals surface area contributed by atoms with Crippen molar-refractivity contribution in [3.05, 3.63) is 29.8 Å². The first kappa shape index (κ1) is 12.9. The summed E-state index contributed by atoms with van der Waals surface area (Å²) in [6, 6.07) is 8.07. The number of carbonyl (C=O) groups excluding carboxylic acids is 1. The predicted octanol–water partition coefficient (Wildman–Crippen LogP) is 2.49. The van der Waals surface area contributed by atoms with Gasteiger partial charge in [-0.15, -0.1) is 0 Å². The van der Waals surface area contributed by atoms with Gasteiger partial charge in [-0.2, -0.15) is 0 Å². The molecule has 0 saturated heterocycles. The first-order valence-corrected chi connectivity index (χ1v) is 6.50. The maximum absolute atomic E-state index is 12.2. The van der Waals surface area contributed by atoms with Crippen LogP contribution in [0.2, 0.25) is 0 Å². The van der Waals surface area contributed by atoms with Crippen LogP contribution in [-0.4, -0.2) is 31.0 Å². The number of methoxy groups -OCH3 is 1. The zero-order valence-electron chi connectivity index (χ0n) is 11.3. The summed E-state index contributed by atoms with van der Waals surface area (Å²) in [5.74, 6) is 1.70. The molecule has 98 valence electrons. The second kappa shape index (κ2) is 5.42. The maximum Gasteiger partial charge on any atom is 0.226 e. The Morgan fingerprint density at radius 2 is 2.22 bits per heavy atom. The van der Waals surface area contributed by atoms with E-state index in [4.69, 9.17) is 4.74 Å². The van der Waals surface area contributed by atoms with Crippen LogP contribution in [0.4, 0.5) is 0 Å². The first-order chi connectivity index (χ1) is 8.61. The van der Waals surface area contributed by atoms with E-state index in [0.717, 1.165) is 11.3 Å². The minimum absolute atomic E-state index is 0.183. The van der Waals surface area contributed by atoms with Crippen LogP contribution in [0.25, 0.3) is 0 Å². The number of hydrogen-bond donors (Lipinski definition) is 0. The first-order valence-electron chi connectivity index (χ1n) is 6.50. The van der Waals surface area contributed by atoms with Crippen molar-refractivity contribution in [3.8, 4) is 5.75 Å². The zero-order valence-corrected chi connectivity index (χ0v) is 11.3. The topological polar surface area (TPSA) is 29.5 Å². The van der Waals surface area contributed by atoms with Crippen molar-refractivity contribution in [2.24, 2.45) is 5.92 Å². The molecule has 1 aromatic carbocycles. The van der Waals surface area contributed by atoms with Crippen molar-refractivity contribution in [2.75, 3.05) is 14.2 Å². The minimum atomic E-state index is 0.183. The summed E-state index contributed by atoms with van der Waals surface area (Å²) >= 11 is 0. The van der Waals surface area contributed by atoms with Gasteiger partial charge in [0.15, 0.2) is 0 Å². The molecular formula is C15H21NO2. The third-order valence-corrected chi connectivity index (χ3v) is 3.80. The molecule has 3 nitrogen and oxygen atoms in total. The van der Waals surface area contributed by atoms with Gasteiger partial charge < -0.3 is 9.64 Å². The number of benzene rings is 1. The Labute approximate surface area is 109 Å². The average Bonchev–Trinajstić information content (AvgIpc) is 3.21. The summed E-state index contributed by atoms with van der Waals surface area (Å²) in [6.45, 7) is 2.14. The highest BCUT2D eigenvalue weighted by atomic mass is 16.5. The van der Waals surface area contributed by atoms with Crippen LogP contribution in [0.1, 0.15) is 25.3 Å². The highest BCUT2D eigenvalue weighted by molar-refractivity contribution is 5.79. The lowest BCUT2D eigenvalue weighted by atomic mass is 10.1. The van der Waals surface area contributed by atoms with Crippen molar-refractivity contribution in [1.29, 1.82) is 0 Å². The van der Waals surface area contributed by atoms with Gasteiger partial charge in [0.1, 0.15) is 5.75 Å². The number of hydrogen-bond acceptors (Lipinski definition) is 2. The van der Waals surface area contributed by atoms with E-state index >= 15 is 0 Å². The van der Waals surface area contributed by atoms with Crippen LogP contribution in [0, 0.1) is 5.92 Å². The molecule has 1 aliphatic rings. The summed E-state index contributed by atoms with van der Waals surface area (Å²) in [5, 5.41) is 0. The monoisotopic (exact) mass is 247 g/mol. The van der Waals surface area contributed by atoms with E-state index in [-0.39, 0.29) is 5.91 Å². The Morgan fingerprint density at radius 1 is 1.50 bits per heavy atom. The molecule has 0 N–H and O–H groups in total. The molecule has 0 spiro atoms. The Kier molecular flexibility index (Phi) is 3.90. The minimum Gasteiger partial charge on any atom is -0.497 e. The largest absolute Gasteiger partial charge is 0.497 e. The SMILES string of the molecule is COc1cccc(CC(=O)N(C)C(C)C2CC2)c1. The molecule has 1 atom stereocenters. The van der Waals surface area contributed by atoms with Crippen molar-refractivity contribution in [1.82, 2.24) is 4.90 Å². The summed E-state index contributed by atoms with van der Waals surface area (Å²) in [7, 11) is 3.55. The molecule has 0 radical (unpaired) electrons. The molecule has 0 aliphatic heterocycles. The quantitative estimate of drug-likeness (QED) is 0.800. The van der Waals surface area contributed by atoms with Crippen LogP contribution in [-0.2, 0) is 11.2 Å². The van der Waals surface area contributed by atoms with Gasteiger partial charge in [-0.05, 0) is 43.4 Å². The third kappa shape index (κ3) is 3.03. The number of amides is 1. The lowest BCUT2D eigenvalue weighted by molar-refractivity contribution is -0.131. The maximum atomic E-state index is 12.2. The van der Waals surface area contributed by atoms with Gasteiger partial charge in [0.05, 0.1) is 13.5 Å². The predicted molar refractivity (Wildman–Crippen MR) is 71.7 cm³/mol. The van der Waals surface area contributed by atoms with Crippen LogP contribution in [0.5, 0.6) is 5.75 Å². The summed E-state index contributed by atoms with van der Waals surface area (Å²) in [5.41, 5.74) is 1.01. The fraction of sp³-hybridized carbons (Fsp3) is 0.533. The van der Waals surface area contributed by atoms with Gasteiger partial charge in [0, 0.05) is 13.1 Å². The van der Waals surface area contributed by atoms with Gasteiger partial charge in [0.25, 0.3) is 0 Å². The molecular weight excluding hydrogens is 226 g/mol. The molecule has 1 fully saturated rings. The molecule has 0 aromatic heterocycles. The van der Waals surface area contributed by atoms with E-state index in [9.17, 15) is 4.79 Å². The van der Waals surface area contributed by atoms with Crippen LogP contribution in [0.15, 0.2) is 24.3 Å². The number of carbonyl (C=O) groups is 1. The van der Waals surface area contributed by atoms with E-state index in [1.54, 1.807) is 7.11 Å². The molecule has 1 unspecified atom stereocenters. The Balaban J connectivity index is 1.96. The fourth-order valence-electron chi connectivity index (χ4n) is 2.20. The van der Waals surface area contributed by atoms with Crippen molar-refractivity contribution < 1.29 is 9.53 Å². The highest BCUT2D eigenvalue weighted by Gasteiger charge is 2.32. The third-order valence-electron chi connectivity index (χ3n) is 3.80. The summed E-state index contributed by atoms with van der Waals surface area (Å²) in [6.07, 6.45) is 2.97. The number of ether oxygens (including phenoxy) is 1. The van der Waals surface area contributed by atoms with Crippen LogP contribution >= 0.6 is 0 Å². The molecule has 18 heavy (non-hydrogen) atoms. The Bertz CT molecular complexity index is 426. The van der Waals surface area contributed by atoms with Crippen molar-refractivity contribution in [3.63, 3.8) is 0 Å². The van der Waals surface area contributed by atoms with Gasteiger partial charge in [-0.1, -0.05) is 12.1 Å². The second-order valence-corrected chi connectivity index (χ2v) is 5.11. The summed E-state index contributed by atoms with van der Waals surface area (Å²) < 4.78 is 5.17. The molecule has 1 aliphatic carbocycles. The lowest BCUT2D eigenvalue weighted by Gasteiger charge is -2.25. The van der Waals surface area contributed by atoms with Crippen LogP contribution in [0.3, 0.4) is 0 Å². The van der Waals surface area contributed by atoms with E-state index in [0.29, 0.717) is 18.4 Å². The van der Waals surface area contributed by atoms with Gasteiger partial charge in [0.2, 0.25) is 5.91 Å². The van der Waals surface area contributed by atoms with E-state index in [1.807, 2.05) is 36.2 Å². The van der Waals surface area contributed by atoms with Crippen molar-refractivity contribution in [2.45, 2.75) is 32.2 Å². The van der Waals surface area contributed by atoms with E-state index in [1.165, 1.54) is 12.8 Å². The molecule has 0 heterocycles. The molecule has 1 aromatic rings. The van der Waals surface area contributed by atoms with E-state index in [2.05, 4.69) is 6.92 Å². The van der Waals surface area contributed by atoms with Crippen molar-refractivity contribution >= 4 is 5.91 Å². The second-order valence-electron chi connectivity index (χ2n) is 5.11. The lowest BCUT2D eigenvalue weighted by Crippen LogP contribution is -2.37. The average molecular weight is 247 g/mol. The van der Waals surface area contributed by atoms with Crippen LogP contribution < -0.4 is 4.74 Å². The molecule has 1 saturated carbocycles. The Morgan fingerprint density at radius 3 is 2.83 bits per heavy atom. The molecule has 1 amide bonds. The number of likely N-dealkylation sites (N-methyl/N-ethyl adjacent to an activating group) is 1. The fourth-order valence-corrected chi connectivity index (χ4v) is 2.20. The normalized spacial score (nSPS) is 16.2. The molecule has 0 bridgehead atoms. The number of nitrogens with zero attached hydrogens (tertiary/aromatic N) is 1.